The molecule has 1 aromatic carbocycles. The molecule has 1 heterocycles. The number of rotatable bonds is 3. The maximum Gasteiger partial charge on any atom is 0.258 e. The van der Waals surface area contributed by atoms with Crippen LogP contribution in [0, 0.1) is 0 Å². The van der Waals surface area contributed by atoms with Crippen LogP contribution >= 0.6 is 48.0 Å². The van der Waals surface area contributed by atoms with Gasteiger partial charge in [-0.3, -0.25) is 4.90 Å². The number of benzene rings is 1. The summed E-state index contributed by atoms with van der Waals surface area (Å²) in [6.45, 7) is 2.58. The van der Waals surface area contributed by atoms with Crippen molar-refractivity contribution in [3.05, 3.63) is 33.8 Å². The summed E-state index contributed by atoms with van der Waals surface area (Å²) in [5.41, 5.74) is 0.404. The van der Waals surface area contributed by atoms with Gasteiger partial charge in [-0.15, -0.1) is 24.8 Å². The third-order valence-corrected chi connectivity index (χ3v) is 3.64. The summed E-state index contributed by atoms with van der Waals surface area (Å²) >= 11 is 11.9. The molecule has 1 aromatic rings. The summed E-state index contributed by atoms with van der Waals surface area (Å²) in [6.07, 6.45) is -2.49. The summed E-state index contributed by atoms with van der Waals surface area (Å²) in [6, 6.07) is 3.71. The molecule has 1 saturated heterocycles. The van der Waals surface area contributed by atoms with E-state index in [9.17, 15) is 8.78 Å². The van der Waals surface area contributed by atoms with Gasteiger partial charge in [0.1, 0.15) is 0 Å². The van der Waals surface area contributed by atoms with Gasteiger partial charge in [-0.05, 0) is 23.8 Å². The molecule has 1 N–H and O–H groups in total. The Morgan fingerprint density at radius 1 is 1.10 bits per heavy atom. The second-order valence-corrected chi connectivity index (χ2v) is 5.07. The van der Waals surface area contributed by atoms with E-state index in [1.165, 1.54) is 6.07 Å². The standard InChI is InChI=1S/C12H14Cl2F2N2.2ClH/c13-8-1-2-10(14)9(7-8)11(12(15)16)18-5-3-17-4-6-18;;/h1-2,7,11-12,17H,3-6H2;2*1H/t11-;;/m1../s1. The van der Waals surface area contributed by atoms with Crippen LogP contribution in [-0.4, -0.2) is 37.5 Å². The molecule has 0 aromatic heterocycles. The fraction of sp³-hybridized carbons (Fsp3) is 0.500. The number of hydrogen-bond donors (Lipinski definition) is 1. The van der Waals surface area contributed by atoms with E-state index in [1.54, 1.807) is 17.0 Å². The first-order chi connectivity index (χ1) is 8.59. The summed E-state index contributed by atoms with van der Waals surface area (Å²) < 4.78 is 26.6. The van der Waals surface area contributed by atoms with E-state index in [1.807, 2.05) is 0 Å². The van der Waals surface area contributed by atoms with Gasteiger partial charge in [-0.25, -0.2) is 8.78 Å². The minimum Gasteiger partial charge on any atom is -0.314 e. The second kappa shape index (κ2) is 9.23. The lowest BCUT2D eigenvalue weighted by atomic mass is 10.0. The Bertz CT molecular complexity index is 414. The van der Waals surface area contributed by atoms with Crippen LogP contribution in [0.25, 0.3) is 0 Å². The van der Waals surface area contributed by atoms with Crippen molar-refractivity contribution >= 4 is 48.0 Å². The van der Waals surface area contributed by atoms with E-state index in [4.69, 9.17) is 23.2 Å². The van der Waals surface area contributed by atoms with E-state index in [0.717, 1.165) is 0 Å². The highest BCUT2D eigenvalue weighted by molar-refractivity contribution is 6.33. The van der Waals surface area contributed by atoms with Gasteiger partial charge in [0.15, 0.2) is 0 Å². The van der Waals surface area contributed by atoms with Gasteiger partial charge >= 0.3 is 0 Å². The quantitative estimate of drug-likeness (QED) is 0.866. The van der Waals surface area contributed by atoms with Gasteiger partial charge in [0.2, 0.25) is 0 Å². The monoisotopic (exact) mass is 366 g/mol. The molecule has 2 rings (SSSR count). The average Bonchev–Trinajstić information content (AvgIpc) is 2.35. The Hall–Kier alpha value is 0.160. The molecular formula is C12H16Cl4F2N2. The molecule has 1 aliphatic rings. The van der Waals surface area contributed by atoms with Crippen molar-refractivity contribution in [2.75, 3.05) is 26.2 Å². The van der Waals surface area contributed by atoms with Crippen LogP contribution < -0.4 is 5.32 Å². The van der Waals surface area contributed by atoms with Crippen LogP contribution in [0.15, 0.2) is 18.2 Å². The molecule has 116 valence electrons. The number of nitrogens with zero attached hydrogens (tertiary/aromatic N) is 1. The summed E-state index contributed by atoms with van der Waals surface area (Å²) in [4.78, 5) is 1.75. The highest BCUT2D eigenvalue weighted by Gasteiger charge is 2.31. The minimum atomic E-state index is -2.49. The molecule has 8 heteroatoms. The molecule has 0 spiro atoms. The molecular weight excluding hydrogens is 352 g/mol. The predicted octanol–water partition coefficient (Wildman–Crippen LogP) is 4.05. The molecule has 20 heavy (non-hydrogen) atoms. The van der Waals surface area contributed by atoms with Crippen molar-refractivity contribution in [1.82, 2.24) is 10.2 Å². The fourth-order valence-electron chi connectivity index (χ4n) is 2.19. The van der Waals surface area contributed by atoms with E-state index < -0.39 is 12.5 Å². The lowest BCUT2D eigenvalue weighted by Gasteiger charge is -2.35. The van der Waals surface area contributed by atoms with E-state index in [2.05, 4.69) is 5.32 Å². The SMILES string of the molecule is Cl.Cl.FC(F)[C@@H](c1cc(Cl)ccc1Cl)N1CCNCC1. The number of halogens is 6. The van der Waals surface area contributed by atoms with Gasteiger partial charge in [0.05, 0.1) is 6.04 Å². The lowest BCUT2D eigenvalue weighted by molar-refractivity contribution is 0.0182. The van der Waals surface area contributed by atoms with E-state index in [0.29, 0.717) is 41.8 Å². The number of nitrogens with one attached hydrogen (secondary N) is 1. The minimum absolute atomic E-state index is 0. The smallest absolute Gasteiger partial charge is 0.258 e. The Morgan fingerprint density at radius 3 is 2.25 bits per heavy atom. The maximum atomic E-state index is 13.3. The molecule has 1 aliphatic heterocycles. The van der Waals surface area contributed by atoms with Crippen molar-refractivity contribution in [2.45, 2.75) is 12.5 Å². The zero-order valence-electron chi connectivity index (χ0n) is 10.5. The van der Waals surface area contributed by atoms with Crippen LogP contribution in [0.5, 0.6) is 0 Å². The maximum absolute atomic E-state index is 13.3. The first-order valence-electron chi connectivity index (χ1n) is 5.77. The Morgan fingerprint density at radius 2 is 1.70 bits per heavy atom. The van der Waals surface area contributed by atoms with Crippen molar-refractivity contribution in [2.24, 2.45) is 0 Å². The largest absolute Gasteiger partial charge is 0.314 e. The average molecular weight is 368 g/mol. The number of alkyl halides is 2. The summed E-state index contributed by atoms with van der Waals surface area (Å²) in [5.74, 6) is 0. The zero-order valence-corrected chi connectivity index (χ0v) is 13.6. The Labute approximate surface area is 139 Å². The first-order valence-corrected chi connectivity index (χ1v) is 6.53. The molecule has 1 fully saturated rings. The van der Waals surface area contributed by atoms with Crippen LogP contribution in [-0.2, 0) is 0 Å². The molecule has 0 unspecified atom stereocenters. The van der Waals surface area contributed by atoms with Gasteiger partial charge in [0, 0.05) is 36.2 Å². The fourth-order valence-corrected chi connectivity index (χ4v) is 2.60. The van der Waals surface area contributed by atoms with Gasteiger partial charge in [-0.2, -0.15) is 0 Å². The van der Waals surface area contributed by atoms with E-state index >= 15 is 0 Å². The highest BCUT2D eigenvalue weighted by Crippen LogP contribution is 2.34. The molecule has 0 aliphatic carbocycles. The first kappa shape index (κ1) is 20.2. The second-order valence-electron chi connectivity index (χ2n) is 4.23. The molecule has 2 nitrogen and oxygen atoms in total. The third-order valence-electron chi connectivity index (χ3n) is 3.06. The molecule has 0 saturated carbocycles. The van der Waals surface area contributed by atoms with Crippen molar-refractivity contribution in [3.63, 3.8) is 0 Å². The predicted molar refractivity (Wildman–Crippen MR) is 84.1 cm³/mol. The van der Waals surface area contributed by atoms with Crippen LogP contribution in [0.1, 0.15) is 11.6 Å². The van der Waals surface area contributed by atoms with Gasteiger partial charge in [-0.1, -0.05) is 23.2 Å². The highest BCUT2D eigenvalue weighted by atomic mass is 35.5. The molecule has 0 amide bonds. The Kier molecular flexibility index (Phi) is 9.31. The molecule has 0 radical (unpaired) electrons. The Balaban J connectivity index is 0.00000180. The molecule has 1 atom stereocenters. The van der Waals surface area contributed by atoms with Crippen LogP contribution in [0.3, 0.4) is 0 Å². The van der Waals surface area contributed by atoms with Crippen molar-refractivity contribution in [3.8, 4) is 0 Å². The third kappa shape index (κ3) is 4.86. The van der Waals surface area contributed by atoms with Crippen molar-refractivity contribution < 1.29 is 8.78 Å². The summed E-state index contributed by atoms with van der Waals surface area (Å²) in [7, 11) is 0. The van der Waals surface area contributed by atoms with Crippen molar-refractivity contribution in [1.29, 1.82) is 0 Å². The lowest BCUT2D eigenvalue weighted by Crippen LogP contribution is -2.47. The topological polar surface area (TPSA) is 15.3 Å². The normalized spacial score (nSPS) is 17.2. The molecule has 0 bridgehead atoms. The van der Waals surface area contributed by atoms with Crippen LogP contribution in [0.4, 0.5) is 8.78 Å². The van der Waals surface area contributed by atoms with Crippen LogP contribution in [0.2, 0.25) is 10.0 Å². The summed E-state index contributed by atoms with van der Waals surface area (Å²) in [5, 5.41) is 3.90. The van der Waals surface area contributed by atoms with E-state index in [-0.39, 0.29) is 24.8 Å². The number of hydrogen-bond acceptors (Lipinski definition) is 2. The van der Waals surface area contributed by atoms with Gasteiger partial charge in [0.25, 0.3) is 6.43 Å². The van der Waals surface area contributed by atoms with Gasteiger partial charge < -0.3 is 5.32 Å². The number of piperazine rings is 1. The zero-order chi connectivity index (χ0) is 13.1.